The molecule has 0 amide bonds. The number of guanidine groups is 1. The van der Waals surface area contributed by atoms with Crippen molar-refractivity contribution in [2.24, 2.45) is 10.9 Å². The highest BCUT2D eigenvalue weighted by Gasteiger charge is 2.26. The van der Waals surface area contributed by atoms with Crippen LogP contribution in [0.15, 0.2) is 29.3 Å². The first kappa shape index (κ1) is 22.2. The SMILES string of the molecule is CCNC(=NCC(C)(C)c1cccc(F)c1)N1CCC(COC)C1.I. The molecule has 0 aromatic heterocycles. The van der Waals surface area contributed by atoms with E-state index in [0.29, 0.717) is 12.5 Å². The molecule has 6 heteroatoms. The Balaban J connectivity index is 0.00000312. The maximum absolute atomic E-state index is 13.5. The van der Waals surface area contributed by atoms with Gasteiger partial charge in [0.1, 0.15) is 5.82 Å². The molecule has 1 saturated heterocycles. The Morgan fingerprint density at radius 3 is 2.84 bits per heavy atom. The summed E-state index contributed by atoms with van der Waals surface area (Å²) in [5.74, 6) is 1.31. The van der Waals surface area contributed by atoms with Gasteiger partial charge in [-0.25, -0.2) is 4.39 Å². The Morgan fingerprint density at radius 2 is 2.20 bits per heavy atom. The highest BCUT2D eigenvalue weighted by molar-refractivity contribution is 14.0. The standard InChI is InChI=1S/C19H30FN3O.HI/c1-5-21-18(23-10-9-15(12-23)13-24-4)22-14-19(2,3)16-7-6-8-17(20)11-16;/h6-8,11,15H,5,9-10,12-14H2,1-4H3,(H,21,22);1H. The molecule has 0 bridgehead atoms. The summed E-state index contributed by atoms with van der Waals surface area (Å²) in [6.45, 7) is 10.5. The van der Waals surface area contributed by atoms with Crippen LogP contribution in [0.1, 0.15) is 32.8 Å². The number of nitrogens with zero attached hydrogens (tertiary/aromatic N) is 2. The molecule has 25 heavy (non-hydrogen) atoms. The van der Waals surface area contributed by atoms with Crippen molar-refractivity contribution in [3.63, 3.8) is 0 Å². The molecule has 1 heterocycles. The van der Waals surface area contributed by atoms with E-state index < -0.39 is 0 Å². The number of hydrogen-bond donors (Lipinski definition) is 1. The van der Waals surface area contributed by atoms with Gasteiger partial charge in [0, 0.05) is 38.1 Å². The zero-order valence-electron chi connectivity index (χ0n) is 15.7. The predicted octanol–water partition coefficient (Wildman–Crippen LogP) is 3.66. The van der Waals surface area contributed by atoms with Crippen molar-refractivity contribution in [3.8, 4) is 0 Å². The molecule has 0 radical (unpaired) electrons. The largest absolute Gasteiger partial charge is 0.384 e. The maximum atomic E-state index is 13.5. The summed E-state index contributed by atoms with van der Waals surface area (Å²) < 4.78 is 18.8. The Labute approximate surface area is 168 Å². The minimum Gasteiger partial charge on any atom is -0.384 e. The lowest BCUT2D eigenvalue weighted by Gasteiger charge is -2.26. The van der Waals surface area contributed by atoms with E-state index in [9.17, 15) is 4.39 Å². The predicted molar refractivity (Wildman–Crippen MR) is 112 cm³/mol. The molecule has 0 spiro atoms. The molecule has 1 fully saturated rings. The van der Waals surface area contributed by atoms with Crippen LogP contribution in [0.3, 0.4) is 0 Å². The molecule has 0 saturated carbocycles. The molecule has 1 aliphatic rings. The molecule has 142 valence electrons. The summed E-state index contributed by atoms with van der Waals surface area (Å²) in [6.07, 6.45) is 1.13. The molecule has 1 aromatic rings. The second-order valence-corrected chi connectivity index (χ2v) is 7.12. The average Bonchev–Trinajstić information content (AvgIpc) is 3.00. The topological polar surface area (TPSA) is 36.9 Å². The average molecular weight is 463 g/mol. The van der Waals surface area contributed by atoms with Crippen molar-refractivity contribution >= 4 is 29.9 Å². The Kier molecular flexibility index (Phi) is 9.13. The zero-order chi connectivity index (χ0) is 17.6. The Morgan fingerprint density at radius 1 is 1.44 bits per heavy atom. The Hall–Kier alpha value is -0.890. The number of methoxy groups -OCH3 is 1. The molecule has 1 unspecified atom stereocenters. The van der Waals surface area contributed by atoms with E-state index in [-0.39, 0.29) is 35.2 Å². The van der Waals surface area contributed by atoms with Crippen LogP contribution in [0.5, 0.6) is 0 Å². The number of rotatable bonds is 6. The van der Waals surface area contributed by atoms with Gasteiger partial charge in [-0.2, -0.15) is 0 Å². The number of hydrogen-bond acceptors (Lipinski definition) is 2. The van der Waals surface area contributed by atoms with Crippen LogP contribution in [0.2, 0.25) is 0 Å². The van der Waals surface area contributed by atoms with Crippen molar-refractivity contribution in [1.82, 2.24) is 10.2 Å². The Bertz CT molecular complexity index is 565. The normalized spacial score (nSPS) is 18.2. The van der Waals surface area contributed by atoms with E-state index in [2.05, 4.69) is 31.0 Å². The van der Waals surface area contributed by atoms with Gasteiger partial charge < -0.3 is 15.0 Å². The maximum Gasteiger partial charge on any atom is 0.193 e. The lowest BCUT2D eigenvalue weighted by Crippen LogP contribution is -2.41. The van der Waals surface area contributed by atoms with E-state index >= 15 is 0 Å². The third-order valence-electron chi connectivity index (χ3n) is 4.55. The lowest BCUT2D eigenvalue weighted by atomic mass is 9.85. The first-order chi connectivity index (χ1) is 11.5. The van der Waals surface area contributed by atoms with Gasteiger partial charge in [-0.3, -0.25) is 4.99 Å². The van der Waals surface area contributed by atoms with E-state index in [0.717, 1.165) is 44.2 Å². The number of benzene rings is 1. The van der Waals surface area contributed by atoms with Crippen LogP contribution in [-0.4, -0.2) is 50.8 Å². The van der Waals surface area contributed by atoms with Gasteiger partial charge in [0.05, 0.1) is 13.2 Å². The zero-order valence-corrected chi connectivity index (χ0v) is 18.0. The number of ether oxygens (including phenoxy) is 1. The third kappa shape index (κ3) is 6.40. The van der Waals surface area contributed by atoms with Gasteiger partial charge in [0.15, 0.2) is 5.96 Å². The number of likely N-dealkylation sites (tertiary alicyclic amines) is 1. The first-order valence-electron chi connectivity index (χ1n) is 8.74. The minimum atomic E-state index is -0.214. The van der Waals surface area contributed by atoms with Crippen molar-refractivity contribution in [1.29, 1.82) is 0 Å². The van der Waals surface area contributed by atoms with Crippen LogP contribution in [0, 0.1) is 11.7 Å². The van der Waals surface area contributed by atoms with Crippen LogP contribution < -0.4 is 5.32 Å². The molecule has 2 rings (SSSR count). The summed E-state index contributed by atoms with van der Waals surface area (Å²) >= 11 is 0. The molecule has 1 atom stereocenters. The molecule has 1 aliphatic heterocycles. The number of halogens is 2. The van der Waals surface area contributed by atoms with Crippen molar-refractivity contribution in [3.05, 3.63) is 35.6 Å². The van der Waals surface area contributed by atoms with E-state index in [4.69, 9.17) is 9.73 Å². The quantitative estimate of drug-likeness (QED) is 0.398. The van der Waals surface area contributed by atoms with Crippen molar-refractivity contribution in [2.75, 3.05) is 39.9 Å². The summed E-state index contributed by atoms with van der Waals surface area (Å²) in [5.41, 5.74) is 0.759. The van der Waals surface area contributed by atoms with Crippen molar-refractivity contribution < 1.29 is 9.13 Å². The molecular formula is C19H31FIN3O. The highest BCUT2D eigenvalue weighted by atomic mass is 127. The lowest BCUT2D eigenvalue weighted by molar-refractivity contribution is 0.157. The van der Waals surface area contributed by atoms with E-state index in [1.807, 2.05) is 6.07 Å². The summed E-state index contributed by atoms with van der Waals surface area (Å²) in [4.78, 5) is 7.14. The minimum absolute atomic E-state index is 0. The van der Waals surface area contributed by atoms with Gasteiger partial charge in [-0.1, -0.05) is 26.0 Å². The highest BCUT2D eigenvalue weighted by Crippen LogP contribution is 2.24. The summed E-state index contributed by atoms with van der Waals surface area (Å²) in [7, 11) is 1.75. The third-order valence-corrected chi connectivity index (χ3v) is 4.55. The van der Waals surface area contributed by atoms with Crippen LogP contribution >= 0.6 is 24.0 Å². The molecule has 1 N–H and O–H groups in total. The van der Waals surface area contributed by atoms with E-state index in [1.54, 1.807) is 19.2 Å². The van der Waals surface area contributed by atoms with Gasteiger partial charge in [-0.05, 0) is 31.0 Å². The van der Waals surface area contributed by atoms with Crippen LogP contribution in [0.25, 0.3) is 0 Å². The smallest absolute Gasteiger partial charge is 0.193 e. The molecule has 1 aromatic carbocycles. The second-order valence-electron chi connectivity index (χ2n) is 7.12. The molecule has 0 aliphatic carbocycles. The summed E-state index contributed by atoms with van der Waals surface area (Å²) in [5, 5.41) is 3.38. The molecule has 4 nitrogen and oxygen atoms in total. The fraction of sp³-hybridized carbons (Fsp3) is 0.632. The fourth-order valence-electron chi connectivity index (χ4n) is 3.10. The second kappa shape index (κ2) is 10.3. The first-order valence-corrected chi connectivity index (χ1v) is 8.74. The van der Waals surface area contributed by atoms with Crippen LogP contribution in [0.4, 0.5) is 4.39 Å². The fourth-order valence-corrected chi connectivity index (χ4v) is 3.10. The van der Waals surface area contributed by atoms with E-state index in [1.165, 1.54) is 6.07 Å². The molecular weight excluding hydrogens is 432 g/mol. The van der Waals surface area contributed by atoms with Crippen LogP contribution in [-0.2, 0) is 10.2 Å². The number of aliphatic imine (C=N–C) groups is 1. The van der Waals surface area contributed by atoms with Gasteiger partial charge in [0.25, 0.3) is 0 Å². The monoisotopic (exact) mass is 463 g/mol. The van der Waals surface area contributed by atoms with Crippen molar-refractivity contribution in [2.45, 2.75) is 32.6 Å². The van der Waals surface area contributed by atoms with Gasteiger partial charge in [-0.15, -0.1) is 24.0 Å². The van der Waals surface area contributed by atoms with Gasteiger partial charge in [0.2, 0.25) is 0 Å². The summed E-state index contributed by atoms with van der Waals surface area (Å²) in [6, 6.07) is 6.81. The number of nitrogens with one attached hydrogen (secondary N) is 1. The van der Waals surface area contributed by atoms with Gasteiger partial charge >= 0.3 is 0 Å².